The molecule has 0 fully saturated rings. The normalized spacial score (nSPS) is 11.2. The second-order valence-corrected chi connectivity index (χ2v) is 7.65. The molecule has 0 saturated heterocycles. The number of aliphatic imine (C=N–C) groups is 1. The Kier molecular flexibility index (Phi) is 8.43. The van der Waals surface area contributed by atoms with Gasteiger partial charge >= 0.3 is 0 Å². The Morgan fingerprint density at radius 3 is 2.50 bits per heavy atom. The lowest BCUT2D eigenvalue weighted by atomic mass is 10.1. The van der Waals surface area contributed by atoms with Gasteiger partial charge in [-0.1, -0.05) is 17.7 Å². The van der Waals surface area contributed by atoms with Gasteiger partial charge < -0.3 is 15.1 Å². The first-order valence-corrected chi connectivity index (χ1v) is 9.75. The van der Waals surface area contributed by atoms with Gasteiger partial charge in [0.1, 0.15) is 11.3 Å². The monoisotopic (exact) mass is 511 g/mol. The molecule has 150 valence electrons. The zero-order valence-electron chi connectivity index (χ0n) is 16.6. The second-order valence-electron chi connectivity index (χ2n) is 6.36. The third-order valence-electron chi connectivity index (χ3n) is 4.23. The number of hydrogen-bond donors (Lipinski definition) is 2. The Morgan fingerprint density at radius 2 is 1.86 bits per heavy atom. The molecule has 0 aliphatic carbocycles. The summed E-state index contributed by atoms with van der Waals surface area (Å²) in [7, 11) is 1.76. The van der Waals surface area contributed by atoms with Crippen molar-refractivity contribution >= 4 is 41.3 Å². The van der Waals surface area contributed by atoms with E-state index in [1.807, 2.05) is 19.1 Å². The minimum atomic E-state index is 0. The summed E-state index contributed by atoms with van der Waals surface area (Å²) in [5.74, 6) is 1.41. The summed E-state index contributed by atoms with van der Waals surface area (Å²) in [5, 5.41) is 7.65. The van der Waals surface area contributed by atoms with E-state index in [2.05, 4.69) is 51.6 Å². The van der Waals surface area contributed by atoms with Gasteiger partial charge in [0.05, 0.1) is 17.9 Å². The number of halogens is 1. The third kappa shape index (κ3) is 6.03. The number of nitrogens with zero attached hydrogens (tertiary/aromatic N) is 3. The van der Waals surface area contributed by atoms with E-state index in [4.69, 9.17) is 4.42 Å². The minimum absolute atomic E-state index is 0. The third-order valence-corrected chi connectivity index (χ3v) is 5.30. The highest BCUT2D eigenvalue weighted by Crippen LogP contribution is 2.19. The highest BCUT2D eigenvalue weighted by molar-refractivity contribution is 14.0. The maximum Gasteiger partial charge on any atom is 0.226 e. The van der Waals surface area contributed by atoms with Crippen LogP contribution in [0.25, 0.3) is 11.5 Å². The van der Waals surface area contributed by atoms with E-state index in [1.54, 1.807) is 24.6 Å². The fraction of sp³-hybridized carbons (Fsp3) is 0.350. The Hall–Kier alpha value is -1.94. The average Bonchev–Trinajstić information content (AvgIpc) is 3.25. The summed E-state index contributed by atoms with van der Waals surface area (Å²) in [4.78, 5) is 14.6. The van der Waals surface area contributed by atoms with Crippen LogP contribution in [0.2, 0.25) is 0 Å². The number of aryl methyl sites for hydroxylation is 3. The molecule has 0 unspecified atom stereocenters. The van der Waals surface area contributed by atoms with Crippen molar-refractivity contribution < 1.29 is 4.42 Å². The summed E-state index contributed by atoms with van der Waals surface area (Å²) < 4.78 is 5.60. The number of nitrogens with one attached hydrogen (secondary N) is 2. The molecule has 2 heterocycles. The van der Waals surface area contributed by atoms with Gasteiger partial charge in [-0.25, -0.2) is 9.97 Å². The van der Waals surface area contributed by atoms with Crippen LogP contribution in [0.15, 0.2) is 39.9 Å². The molecular weight excluding hydrogens is 485 g/mol. The van der Waals surface area contributed by atoms with Crippen molar-refractivity contribution in [1.82, 2.24) is 20.6 Å². The number of aromatic nitrogens is 2. The summed E-state index contributed by atoms with van der Waals surface area (Å²) in [6, 6.07) is 8.16. The number of hydrogen-bond acceptors (Lipinski definition) is 5. The van der Waals surface area contributed by atoms with Gasteiger partial charge in [0.25, 0.3) is 0 Å². The van der Waals surface area contributed by atoms with E-state index in [1.165, 1.54) is 10.4 Å². The van der Waals surface area contributed by atoms with Crippen LogP contribution in [0.5, 0.6) is 0 Å². The molecule has 3 aromatic rings. The predicted octanol–water partition coefficient (Wildman–Crippen LogP) is 4.25. The Bertz CT molecular complexity index is 898. The number of thiazole rings is 1. The van der Waals surface area contributed by atoms with Crippen molar-refractivity contribution in [2.24, 2.45) is 4.99 Å². The van der Waals surface area contributed by atoms with Crippen LogP contribution >= 0.6 is 35.3 Å². The SMILES string of the molecule is CN=C(NCCc1coc(-c2ccc(C)cc2)n1)NCc1nc(C)c(C)s1.I. The minimum Gasteiger partial charge on any atom is -0.444 e. The largest absolute Gasteiger partial charge is 0.444 e. The summed E-state index contributed by atoms with van der Waals surface area (Å²) in [5.41, 5.74) is 4.22. The van der Waals surface area contributed by atoms with E-state index in [-0.39, 0.29) is 24.0 Å². The molecule has 3 rings (SSSR count). The van der Waals surface area contributed by atoms with E-state index >= 15 is 0 Å². The molecule has 0 atom stereocenters. The molecule has 0 bridgehead atoms. The highest BCUT2D eigenvalue weighted by Gasteiger charge is 2.08. The van der Waals surface area contributed by atoms with Gasteiger partial charge in [-0.15, -0.1) is 35.3 Å². The molecule has 6 nitrogen and oxygen atoms in total. The van der Waals surface area contributed by atoms with Gasteiger partial charge in [0.2, 0.25) is 5.89 Å². The molecule has 28 heavy (non-hydrogen) atoms. The molecule has 1 aromatic carbocycles. The first-order chi connectivity index (χ1) is 13.0. The van der Waals surface area contributed by atoms with Crippen molar-refractivity contribution in [1.29, 1.82) is 0 Å². The fourth-order valence-electron chi connectivity index (χ4n) is 2.55. The lowest BCUT2D eigenvalue weighted by molar-refractivity contribution is 0.572. The maximum absolute atomic E-state index is 5.60. The smallest absolute Gasteiger partial charge is 0.226 e. The molecule has 0 amide bonds. The number of benzene rings is 1. The summed E-state index contributed by atoms with van der Waals surface area (Å²) in [6.45, 7) is 7.57. The number of rotatable bonds is 6. The van der Waals surface area contributed by atoms with Crippen molar-refractivity contribution in [3.8, 4) is 11.5 Å². The van der Waals surface area contributed by atoms with Crippen LogP contribution in [0.1, 0.15) is 26.8 Å². The van der Waals surface area contributed by atoms with Gasteiger partial charge in [0, 0.05) is 30.5 Å². The highest BCUT2D eigenvalue weighted by atomic mass is 127. The predicted molar refractivity (Wildman–Crippen MR) is 126 cm³/mol. The Balaban J connectivity index is 0.00000280. The van der Waals surface area contributed by atoms with Gasteiger partial charge in [-0.2, -0.15) is 0 Å². The van der Waals surface area contributed by atoms with E-state index < -0.39 is 0 Å². The molecule has 0 spiro atoms. The zero-order chi connectivity index (χ0) is 19.2. The molecule has 2 N–H and O–H groups in total. The molecule has 0 aliphatic heterocycles. The van der Waals surface area contributed by atoms with E-state index in [0.717, 1.165) is 40.9 Å². The van der Waals surface area contributed by atoms with Crippen LogP contribution in [0.3, 0.4) is 0 Å². The standard InChI is InChI=1S/C20H25N5OS.HI/c1-13-5-7-16(8-6-13)19-25-17(12-26-19)9-10-22-20(21-4)23-11-18-24-14(2)15(3)27-18;/h5-8,12H,9-11H2,1-4H3,(H2,21,22,23);1H. The molecule has 0 radical (unpaired) electrons. The zero-order valence-corrected chi connectivity index (χ0v) is 19.7. The molecule has 0 saturated carbocycles. The topological polar surface area (TPSA) is 75.3 Å². The van der Waals surface area contributed by atoms with Crippen molar-refractivity contribution in [3.63, 3.8) is 0 Å². The van der Waals surface area contributed by atoms with Crippen LogP contribution in [0, 0.1) is 20.8 Å². The average molecular weight is 511 g/mol. The lowest BCUT2D eigenvalue weighted by Crippen LogP contribution is -2.37. The Labute approximate surface area is 186 Å². The van der Waals surface area contributed by atoms with Crippen LogP contribution in [0.4, 0.5) is 0 Å². The van der Waals surface area contributed by atoms with E-state index in [9.17, 15) is 0 Å². The molecule has 0 aliphatic rings. The van der Waals surface area contributed by atoms with Crippen molar-refractivity contribution in [3.05, 3.63) is 57.4 Å². The summed E-state index contributed by atoms with van der Waals surface area (Å²) >= 11 is 1.71. The van der Waals surface area contributed by atoms with Crippen molar-refractivity contribution in [2.45, 2.75) is 33.7 Å². The fourth-order valence-corrected chi connectivity index (χ4v) is 3.43. The van der Waals surface area contributed by atoms with Gasteiger partial charge in [-0.3, -0.25) is 4.99 Å². The van der Waals surface area contributed by atoms with E-state index in [0.29, 0.717) is 12.4 Å². The van der Waals surface area contributed by atoms with Gasteiger partial charge in [-0.05, 0) is 32.9 Å². The first-order valence-electron chi connectivity index (χ1n) is 8.94. The number of oxazole rings is 1. The lowest BCUT2D eigenvalue weighted by Gasteiger charge is -2.09. The molecule has 2 aromatic heterocycles. The van der Waals surface area contributed by atoms with Crippen molar-refractivity contribution in [2.75, 3.05) is 13.6 Å². The quantitative estimate of drug-likeness (QED) is 0.294. The number of guanidine groups is 1. The Morgan fingerprint density at radius 1 is 1.11 bits per heavy atom. The first kappa shape index (κ1) is 22.4. The maximum atomic E-state index is 5.60. The second kappa shape index (κ2) is 10.6. The van der Waals surface area contributed by atoms with Crippen LogP contribution < -0.4 is 10.6 Å². The van der Waals surface area contributed by atoms with Crippen LogP contribution in [-0.2, 0) is 13.0 Å². The van der Waals surface area contributed by atoms with Crippen LogP contribution in [-0.4, -0.2) is 29.5 Å². The molecule has 8 heteroatoms. The van der Waals surface area contributed by atoms with Gasteiger partial charge in [0.15, 0.2) is 5.96 Å². The molecular formula is C20H26IN5OS. The summed E-state index contributed by atoms with van der Waals surface area (Å²) in [6.07, 6.45) is 2.47.